The summed E-state index contributed by atoms with van der Waals surface area (Å²) in [6.07, 6.45) is 0.935. The molecule has 9 nitrogen and oxygen atoms in total. The number of carbonyl (C=O) groups is 2. The zero-order chi connectivity index (χ0) is 26.6. The van der Waals surface area contributed by atoms with Crippen LogP contribution in [0, 0.1) is 0 Å². The molecule has 1 amide bonds. The smallest absolute Gasteiger partial charge is 0.338 e. The number of amides is 1. The molecule has 2 heterocycles. The van der Waals surface area contributed by atoms with Crippen LogP contribution in [0.25, 0.3) is 10.2 Å². The normalized spacial score (nSPS) is 16.9. The van der Waals surface area contributed by atoms with Crippen molar-refractivity contribution in [1.29, 1.82) is 0 Å². The van der Waals surface area contributed by atoms with Gasteiger partial charge in [-0.05, 0) is 69.2 Å². The maximum atomic E-state index is 13.4. The fourth-order valence-corrected chi connectivity index (χ4v) is 7.08. The van der Waals surface area contributed by atoms with E-state index in [9.17, 15) is 18.0 Å². The van der Waals surface area contributed by atoms with E-state index in [0.717, 1.165) is 10.2 Å². The fraction of sp³-hybridized carbons (Fsp3) is 0.400. The van der Waals surface area contributed by atoms with Crippen molar-refractivity contribution < 1.29 is 27.5 Å². The standard InChI is InChI=1S/C25H28ClN3O6S2/c1-3-34-15-14-28-20-12-7-17(24(31)35-4-2)16-22(20)36-25(28)27-23(30)21-6-5-13-29(21)37(32,33)19-10-8-18(26)9-11-19/h7-12,16,21H,3-6,13-15H2,1-2H3. The van der Waals surface area contributed by atoms with Gasteiger partial charge in [-0.3, -0.25) is 4.79 Å². The summed E-state index contributed by atoms with van der Waals surface area (Å²) in [6.45, 7) is 5.52. The lowest BCUT2D eigenvalue weighted by Crippen LogP contribution is -2.40. The topological polar surface area (TPSA) is 107 Å². The van der Waals surface area contributed by atoms with Gasteiger partial charge in [-0.2, -0.15) is 9.30 Å². The van der Waals surface area contributed by atoms with Crippen molar-refractivity contribution in [1.82, 2.24) is 8.87 Å². The summed E-state index contributed by atoms with van der Waals surface area (Å²) in [6, 6.07) is 10.2. The lowest BCUT2D eigenvalue weighted by molar-refractivity contribution is -0.121. The Morgan fingerprint density at radius 2 is 1.89 bits per heavy atom. The van der Waals surface area contributed by atoms with Gasteiger partial charge in [-0.1, -0.05) is 22.9 Å². The summed E-state index contributed by atoms with van der Waals surface area (Å²) in [5.41, 5.74) is 1.20. The first-order valence-electron chi connectivity index (χ1n) is 12.0. The minimum atomic E-state index is -3.90. The number of benzene rings is 2. The molecule has 0 saturated carbocycles. The molecule has 12 heteroatoms. The fourth-order valence-electron chi connectivity index (χ4n) is 4.20. The Labute approximate surface area is 224 Å². The van der Waals surface area contributed by atoms with Crippen molar-refractivity contribution in [3.05, 3.63) is 57.9 Å². The molecule has 0 spiro atoms. The molecule has 1 saturated heterocycles. The van der Waals surface area contributed by atoms with Crippen molar-refractivity contribution in [3.63, 3.8) is 0 Å². The molecule has 1 atom stereocenters. The van der Waals surface area contributed by atoms with Crippen LogP contribution >= 0.6 is 22.9 Å². The first kappa shape index (κ1) is 27.5. The van der Waals surface area contributed by atoms with E-state index in [-0.39, 0.29) is 18.0 Å². The van der Waals surface area contributed by atoms with Crippen LogP contribution in [0.3, 0.4) is 0 Å². The van der Waals surface area contributed by atoms with Crippen LogP contribution in [0.2, 0.25) is 5.02 Å². The highest BCUT2D eigenvalue weighted by Gasteiger charge is 2.39. The predicted octanol–water partition coefficient (Wildman–Crippen LogP) is 3.85. The summed E-state index contributed by atoms with van der Waals surface area (Å²) >= 11 is 7.17. The molecule has 198 valence electrons. The highest BCUT2D eigenvalue weighted by molar-refractivity contribution is 7.89. The number of sulfonamides is 1. The number of hydrogen-bond donors (Lipinski definition) is 0. The van der Waals surface area contributed by atoms with Gasteiger partial charge in [0, 0.05) is 24.7 Å². The zero-order valence-electron chi connectivity index (χ0n) is 20.6. The van der Waals surface area contributed by atoms with Crippen LogP contribution < -0.4 is 4.80 Å². The number of ether oxygens (including phenoxy) is 2. The molecule has 1 aliphatic heterocycles. The number of rotatable bonds is 9. The molecule has 3 aromatic rings. The summed E-state index contributed by atoms with van der Waals surface area (Å²) in [4.78, 5) is 30.5. The van der Waals surface area contributed by atoms with Gasteiger partial charge in [-0.25, -0.2) is 13.2 Å². The zero-order valence-corrected chi connectivity index (χ0v) is 22.9. The van der Waals surface area contributed by atoms with Crippen LogP contribution in [0.15, 0.2) is 52.4 Å². The molecular weight excluding hydrogens is 538 g/mol. The molecule has 0 bridgehead atoms. The Bertz CT molecular complexity index is 1460. The Morgan fingerprint density at radius 3 is 2.59 bits per heavy atom. The van der Waals surface area contributed by atoms with Gasteiger partial charge in [0.05, 0.1) is 33.9 Å². The lowest BCUT2D eigenvalue weighted by Gasteiger charge is -2.21. The van der Waals surface area contributed by atoms with Crippen LogP contribution in [0.4, 0.5) is 0 Å². The van der Waals surface area contributed by atoms with E-state index in [1.165, 1.54) is 39.9 Å². The van der Waals surface area contributed by atoms with Gasteiger partial charge in [0.2, 0.25) is 10.0 Å². The summed E-state index contributed by atoms with van der Waals surface area (Å²) in [7, 11) is -3.90. The highest BCUT2D eigenvalue weighted by Crippen LogP contribution is 2.28. The molecular formula is C25H28ClN3O6S2. The third-order valence-electron chi connectivity index (χ3n) is 5.97. The molecule has 0 radical (unpaired) electrons. The van der Waals surface area contributed by atoms with Gasteiger partial charge in [-0.15, -0.1) is 0 Å². The molecule has 0 aliphatic carbocycles. The quantitative estimate of drug-likeness (QED) is 0.288. The maximum absolute atomic E-state index is 13.4. The van der Waals surface area contributed by atoms with E-state index in [2.05, 4.69) is 4.99 Å². The monoisotopic (exact) mass is 565 g/mol. The number of esters is 1. The number of carbonyl (C=O) groups excluding carboxylic acids is 2. The number of nitrogens with zero attached hydrogens (tertiary/aromatic N) is 3. The molecule has 1 aromatic heterocycles. The van der Waals surface area contributed by atoms with Crippen molar-refractivity contribution in [2.75, 3.05) is 26.4 Å². The first-order chi connectivity index (χ1) is 17.8. The second-order valence-corrected chi connectivity index (χ2v) is 11.7. The second-order valence-electron chi connectivity index (χ2n) is 8.31. The van der Waals surface area contributed by atoms with Crippen LogP contribution in [-0.2, 0) is 30.8 Å². The van der Waals surface area contributed by atoms with Crippen molar-refractivity contribution in [2.45, 2.75) is 44.2 Å². The Hall–Kier alpha value is -2.57. The molecule has 1 fully saturated rings. The predicted molar refractivity (Wildman–Crippen MR) is 141 cm³/mol. The van der Waals surface area contributed by atoms with E-state index in [4.69, 9.17) is 21.1 Å². The summed E-state index contributed by atoms with van der Waals surface area (Å²) in [5.74, 6) is -0.959. The minimum absolute atomic E-state index is 0.0803. The van der Waals surface area contributed by atoms with Crippen LogP contribution in [0.5, 0.6) is 0 Å². The van der Waals surface area contributed by atoms with Crippen molar-refractivity contribution >= 4 is 55.1 Å². The average molecular weight is 566 g/mol. The van der Waals surface area contributed by atoms with Crippen molar-refractivity contribution in [3.8, 4) is 0 Å². The maximum Gasteiger partial charge on any atom is 0.338 e. The largest absolute Gasteiger partial charge is 0.462 e. The first-order valence-corrected chi connectivity index (χ1v) is 14.6. The third kappa shape index (κ3) is 5.96. The number of hydrogen-bond acceptors (Lipinski definition) is 7. The van der Waals surface area contributed by atoms with Crippen molar-refractivity contribution in [2.24, 2.45) is 4.99 Å². The molecule has 1 aliphatic rings. The van der Waals surface area contributed by atoms with E-state index < -0.39 is 27.9 Å². The van der Waals surface area contributed by atoms with Gasteiger partial charge in [0.15, 0.2) is 4.80 Å². The summed E-state index contributed by atoms with van der Waals surface area (Å²) < 4.78 is 41.0. The molecule has 1 unspecified atom stereocenters. The molecule has 37 heavy (non-hydrogen) atoms. The summed E-state index contributed by atoms with van der Waals surface area (Å²) in [5, 5.41) is 0.426. The molecule has 2 aromatic carbocycles. The van der Waals surface area contributed by atoms with Crippen LogP contribution in [-0.4, -0.2) is 61.6 Å². The van der Waals surface area contributed by atoms with Crippen LogP contribution in [0.1, 0.15) is 37.0 Å². The Kier molecular flexibility index (Phi) is 8.81. The van der Waals surface area contributed by atoms with E-state index in [0.29, 0.717) is 48.0 Å². The van der Waals surface area contributed by atoms with E-state index >= 15 is 0 Å². The molecule has 0 N–H and O–H groups in total. The van der Waals surface area contributed by atoms with E-state index in [1.54, 1.807) is 25.1 Å². The molecule has 4 rings (SSSR count). The second kappa shape index (κ2) is 11.9. The number of halogens is 1. The van der Waals surface area contributed by atoms with Gasteiger partial charge < -0.3 is 14.0 Å². The van der Waals surface area contributed by atoms with E-state index in [1.807, 2.05) is 11.5 Å². The third-order valence-corrected chi connectivity index (χ3v) is 9.19. The highest BCUT2D eigenvalue weighted by atomic mass is 35.5. The van der Waals surface area contributed by atoms with Gasteiger partial charge >= 0.3 is 5.97 Å². The SMILES string of the molecule is CCOCCn1c(=NC(=O)C2CCCN2S(=O)(=O)c2ccc(Cl)cc2)sc2cc(C(=O)OCC)ccc21. The number of fused-ring (bicyclic) bond motifs is 1. The average Bonchev–Trinajstić information content (AvgIpc) is 3.50. The number of thiazole rings is 1. The lowest BCUT2D eigenvalue weighted by atomic mass is 10.2. The Balaban J connectivity index is 1.71. The number of aromatic nitrogens is 1. The Morgan fingerprint density at radius 1 is 1.14 bits per heavy atom. The van der Waals surface area contributed by atoms with Gasteiger partial charge in [0.1, 0.15) is 6.04 Å². The minimum Gasteiger partial charge on any atom is -0.462 e. The van der Waals surface area contributed by atoms with Gasteiger partial charge in [0.25, 0.3) is 5.91 Å².